The second-order valence-electron chi connectivity index (χ2n) is 10.3. The number of β-amino-alcohol motifs (C(OH)–C–C–N with tert-alkyl or cyclic N) is 1. The lowest BCUT2D eigenvalue weighted by Gasteiger charge is -2.33. The molecule has 2 aromatic rings. The van der Waals surface area contributed by atoms with Gasteiger partial charge in [-0.1, -0.05) is 90.1 Å². The topological polar surface area (TPSA) is 32.3 Å². The summed E-state index contributed by atoms with van der Waals surface area (Å²) in [4.78, 5) is 0. The van der Waals surface area contributed by atoms with Gasteiger partial charge in [-0.3, -0.25) is 0 Å². The number of nitrogens with one attached hydrogen (secondary N) is 1. The van der Waals surface area contributed by atoms with Gasteiger partial charge >= 0.3 is 0 Å². The van der Waals surface area contributed by atoms with Crippen molar-refractivity contribution in [1.29, 1.82) is 0 Å². The second-order valence-corrected chi connectivity index (χ2v) is 10.3. The predicted octanol–water partition coefficient (Wildman–Crippen LogP) is 7.48. The highest BCUT2D eigenvalue weighted by Crippen LogP contribution is 2.39. The van der Waals surface area contributed by atoms with E-state index < -0.39 is 0 Å². The molecular formula is C31H47NO. The first kappa shape index (κ1) is 26.0. The van der Waals surface area contributed by atoms with Gasteiger partial charge in [-0.05, 0) is 78.0 Å². The minimum absolute atomic E-state index is 0.253. The van der Waals surface area contributed by atoms with Gasteiger partial charge in [0.2, 0.25) is 0 Å². The highest BCUT2D eigenvalue weighted by Gasteiger charge is 2.33. The Labute approximate surface area is 203 Å². The van der Waals surface area contributed by atoms with Crippen LogP contribution in [0.25, 0.3) is 0 Å². The van der Waals surface area contributed by atoms with E-state index in [1.54, 1.807) is 0 Å². The van der Waals surface area contributed by atoms with E-state index in [1.165, 1.54) is 60.8 Å². The monoisotopic (exact) mass is 449 g/mol. The van der Waals surface area contributed by atoms with Crippen LogP contribution in [0.5, 0.6) is 0 Å². The Morgan fingerprint density at radius 3 is 1.33 bits per heavy atom. The standard InChI is InChI=1S/C31H47NO/c1-7-30(8-2,9-3)25-17-13-23(14-18-25)29(28-21-27(33)22-32-28)24-15-19-26(20-16-24)31(10-4,11-5)12-6/h13-20,27-29,32-33H,7-12,21-22H2,1-6H3/t27-,28?/m0/s1. The van der Waals surface area contributed by atoms with E-state index in [-0.39, 0.29) is 28.9 Å². The first-order valence-electron chi connectivity index (χ1n) is 13.5. The number of aliphatic hydroxyl groups is 1. The van der Waals surface area contributed by atoms with Crippen molar-refractivity contribution < 1.29 is 5.11 Å². The Kier molecular flexibility index (Phi) is 8.81. The smallest absolute Gasteiger partial charge is 0.0679 e. The molecular weight excluding hydrogens is 402 g/mol. The number of rotatable bonds is 11. The molecule has 1 aliphatic heterocycles. The Morgan fingerprint density at radius 1 is 0.697 bits per heavy atom. The molecule has 1 unspecified atom stereocenters. The van der Waals surface area contributed by atoms with Crippen molar-refractivity contribution in [3.05, 3.63) is 70.8 Å². The highest BCUT2D eigenvalue weighted by atomic mass is 16.3. The summed E-state index contributed by atoms with van der Waals surface area (Å²) < 4.78 is 0. The zero-order valence-electron chi connectivity index (χ0n) is 22.0. The summed E-state index contributed by atoms with van der Waals surface area (Å²) in [7, 11) is 0. The summed E-state index contributed by atoms with van der Waals surface area (Å²) in [5.41, 5.74) is 6.19. The molecule has 1 saturated heterocycles. The third kappa shape index (κ3) is 5.08. The van der Waals surface area contributed by atoms with Crippen LogP contribution in [-0.4, -0.2) is 23.8 Å². The fraction of sp³-hybridized carbons (Fsp3) is 0.613. The molecule has 1 fully saturated rings. The lowest BCUT2D eigenvalue weighted by Crippen LogP contribution is -2.30. The summed E-state index contributed by atoms with van der Waals surface area (Å²) in [5, 5.41) is 13.9. The van der Waals surface area contributed by atoms with Crippen molar-refractivity contribution in [2.45, 2.75) is 115 Å². The molecule has 2 aromatic carbocycles. The molecule has 2 atom stereocenters. The number of hydrogen-bond acceptors (Lipinski definition) is 2. The number of aliphatic hydroxyl groups excluding tert-OH is 1. The molecule has 3 rings (SSSR count). The van der Waals surface area contributed by atoms with Gasteiger partial charge in [0.25, 0.3) is 0 Å². The molecule has 0 bridgehead atoms. The molecule has 1 heterocycles. The van der Waals surface area contributed by atoms with Crippen LogP contribution in [-0.2, 0) is 10.8 Å². The van der Waals surface area contributed by atoms with E-state index >= 15 is 0 Å². The molecule has 182 valence electrons. The molecule has 2 heteroatoms. The van der Waals surface area contributed by atoms with Gasteiger partial charge in [-0.2, -0.15) is 0 Å². The lowest BCUT2D eigenvalue weighted by atomic mass is 9.72. The molecule has 2 N–H and O–H groups in total. The van der Waals surface area contributed by atoms with Gasteiger partial charge in [-0.15, -0.1) is 0 Å². The molecule has 2 nitrogen and oxygen atoms in total. The fourth-order valence-electron chi connectivity index (χ4n) is 6.47. The number of hydrogen-bond donors (Lipinski definition) is 2. The quantitative estimate of drug-likeness (QED) is 0.373. The van der Waals surface area contributed by atoms with Crippen molar-refractivity contribution in [3.8, 4) is 0 Å². The van der Waals surface area contributed by atoms with Gasteiger partial charge in [0.05, 0.1) is 6.10 Å². The van der Waals surface area contributed by atoms with Crippen LogP contribution in [0.2, 0.25) is 0 Å². The third-order valence-electron chi connectivity index (χ3n) is 9.37. The minimum Gasteiger partial charge on any atom is -0.392 e. The van der Waals surface area contributed by atoms with Gasteiger partial charge in [-0.25, -0.2) is 0 Å². The van der Waals surface area contributed by atoms with E-state index in [1.807, 2.05) is 0 Å². The second kappa shape index (κ2) is 11.2. The summed E-state index contributed by atoms with van der Waals surface area (Å²) in [6.45, 7) is 14.6. The zero-order chi connectivity index (χ0) is 24.1. The lowest BCUT2D eigenvalue weighted by molar-refractivity contribution is 0.192. The molecule has 0 spiro atoms. The van der Waals surface area contributed by atoms with Crippen LogP contribution >= 0.6 is 0 Å². The first-order valence-corrected chi connectivity index (χ1v) is 13.5. The van der Waals surface area contributed by atoms with Crippen LogP contribution in [0.4, 0.5) is 0 Å². The van der Waals surface area contributed by atoms with Crippen LogP contribution in [0, 0.1) is 0 Å². The molecule has 0 aromatic heterocycles. The summed E-state index contributed by atoms with van der Waals surface area (Å²) in [6.07, 6.45) is 7.60. The minimum atomic E-state index is -0.253. The Hall–Kier alpha value is -1.64. The fourth-order valence-corrected chi connectivity index (χ4v) is 6.47. The Bertz CT molecular complexity index is 765. The maximum absolute atomic E-state index is 10.3. The summed E-state index contributed by atoms with van der Waals surface area (Å²) in [6, 6.07) is 19.1. The van der Waals surface area contributed by atoms with Crippen molar-refractivity contribution >= 4 is 0 Å². The summed E-state index contributed by atoms with van der Waals surface area (Å²) >= 11 is 0. The van der Waals surface area contributed by atoms with Gasteiger partial charge < -0.3 is 10.4 Å². The van der Waals surface area contributed by atoms with E-state index in [0.29, 0.717) is 6.54 Å². The van der Waals surface area contributed by atoms with Crippen LogP contribution in [0.1, 0.15) is 115 Å². The summed E-state index contributed by atoms with van der Waals surface area (Å²) in [5.74, 6) is 0.254. The van der Waals surface area contributed by atoms with Gasteiger partial charge in [0, 0.05) is 18.5 Å². The van der Waals surface area contributed by atoms with E-state index in [9.17, 15) is 5.11 Å². The maximum atomic E-state index is 10.3. The SMILES string of the molecule is CCC(CC)(CC)c1ccc(C(c2ccc(C(CC)(CC)CC)cc2)C2C[C@H](O)CN2)cc1. The normalized spacial score (nSPS) is 19.4. The maximum Gasteiger partial charge on any atom is 0.0679 e. The van der Waals surface area contributed by atoms with Crippen molar-refractivity contribution in [1.82, 2.24) is 5.32 Å². The average molecular weight is 450 g/mol. The first-order chi connectivity index (χ1) is 15.9. The molecule has 1 aliphatic rings. The van der Waals surface area contributed by atoms with Crippen molar-refractivity contribution in [3.63, 3.8) is 0 Å². The third-order valence-corrected chi connectivity index (χ3v) is 9.37. The molecule has 0 saturated carbocycles. The van der Waals surface area contributed by atoms with Crippen molar-refractivity contribution in [2.24, 2.45) is 0 Å². The number of benzene rings is 2. The van der Waals surface area contributed by atoms with Crippen LogP contribution in [0.15, 0.2) is 48.5 Å². The average Bonchev–Trinajstić information content (AvgIpc) is 3.29. The molecule has 33 heavy (non-hydrogen) atoms. The molecule has 0 aliphatic carbocycles. The van der Waals surface area contributed by atoms with Gasteiger partial charge in [0.15, 0.2) is 0 Å². The molecule has 0 radical (unpaired) electrons. The Balaban J connectivity index is 1.98. The largest absolute Gasteiger partial charge is 0.392 e. The highest BCUT2D eigenvalue weighted by molar-refractivity contribution is 5.40. The van der Waals surface area contributed by atoms with Crippen LogP contribution in [0.3, 0.4) is 0 Å². The van der Waals surface area contributed by atoms with E-state index in [4.69, 9.17) is 0 Å². The van der Waals surface area contributed by atoms with E-state index in [0.717, 1.165) is 6.42 Å². The van der Waals surface area contributed by atoms with E-state index in [2.05, 4.69) is 95.4 Å². The predicted molar refractivity (Wildman–Crippen MR) is 142 cm³/mol. The van der Waals surface area contributed by atoms with Crippen molar-refractivity contribution in [2.75, 3.05) is 6.54 Å². The Morgan fingerprint density at radius 2 is 1.06 bits per heavy atom. The zero-order valence-corrected chi connectivity index (χ0v) is 22.0. The van der Waals surface area contributed by atoms with Gasteiger partial charge in [0.1, 0.15) is 0 Å². The van der Waals surface area contributed by atoms with Crippen LogP contribution < -0.4 is 5.32 Å². The molecule has 0 amide bonds.